The van der Waals surface area contributed by atoms with E-state index in [1.807, 2.05) is 18.2 Å². The smallest absolute Gasteiger partial charge is 0.323 e. The Hall–Kier alpha value is -1.35. The highest BCUT2D eigenvalue weighted by atomic mass is 16.5. The summed E-state index contributed by atoms with van der Waals surface area (Å²) < 4.78 is 5.53. The van der Waals surface area contributed by atoms with Gasteiger partial charge >= 0.3 is 5.97 Å². The maximum atomic E-state index is 12.0. The highest BCUT2D eigenvalue weighted by Gasteiger charge is 2.24. The van der Waals surface area contributed by atoms with Crippen LogP contribution in [0.5, 0.6) is 0 Å². The lowest BCUT2D eigenvalue weighted by Gasteiger charge is -2.27. The third-order valence-electron chi connectivity index (χ3n) is 4.14. The molecule has 1 aromatic carbocycles. The number of ether oxygens (including phenoxy) is 1. The summed E-state index contributed by atoms with van der Waals surface area (Å²) in [5.74, 6) is 0.525. The summed E-state index contributed by atoms with van der Waals surface area (Å²) in [6, 6.07) is 9.60. The molecular weight excluding hydrogens is 250 g/mol. The third-order valence-corrected chi connectivity index (χ3v) is 4.14. The van der Waals surface area contributed by atoms with E-state index in [1.54, 1.807) is 0 Å². The van der Waals surface area contributed by atoms with Crippen molar-refractivity contribution in [2.75, 3.05) is 0 Å². The van der Waals surface area contributed by atoms with Crippen LogP contribution in [0.3, 0.4) is 0 Å². The predicted octanol–water partition coefficient (Wildman–Crippen LogP) is 3.07. The van der Waals surface area contributed by atoms with E-state index in [0.29, 0.717) is 6.42 Å². The van der Waals surface area contributed by atoms with E-state index in [1.165, 1.54) is 5.56 Å². The first kappa shape index (κ1) is 15.0. The summed E-state index contributed by atoms with van der Waals surface area (Å²) in [5.41, 5.74) is 7.15. The molecule has 3 heteroatoms. The van der Waals surface area contributed by atoms with Gasteiger partial charge < -0.3 is 10.5 Å². The number of hydrogen-bond acceptors (Lipinski definition) is 3. The van der Waals surface area contributed by atoms with Crippen molar-refractivity contribution in [1.29, 1.82) is 0 Å². The van der Waals surface area contributed by atoms with Crippen molar-refractivity contribution in [3.05, 3.63) is 35.9 Å². The van der Waals surface area contributed by atoms with E-state index in [9.17, 15) is 4.79 Å². The van der Waals surface area contributed by atoms with Gasteiger partial charge in [0, 0.05) is 0 Å². The van der Waals surface area contributed by atoms with E-state index in [0.717, 1.165) is 38.0 Å². The van der Waals surface area contributed by atoms with Gasteiger partial charge in [-0.05, 0) is 50.0 Å². The Labute approximate surface area is 121 Å². The number of nitrogens with two attached hydrogens (primary N) is 1. The van der Waals surface area contributed by atoms with Crippen LogP contribution < -0.4 is 5.73 Å². The number of aryl methyl sites for hydroxylation is 1. The SMILES string of the molecule is CC1CCC(OC(=O)[C@@H](N)CCc2ccccc2)CC1. The second-order valence-electron chi connectivity index (χ2n) is 5.95. The van der Waals surface area contributed by atoms with Crippen molar-refractivity contribution in [3.8, 4) is 0 Å². The molecule has 0 bridgehead atoms. The molecule has 1 aliphatic rings. The Morgan fingerprint density at radius 1 is 1.25 bits per heavy atom. The fraction of sp³-hybridized carbons (Fsp3) is 0.588. The van der Waals surface area contributed by atoms with Crippen molar-refractivity contribution in [2.45, 2.75) is 57.6 Å². The number of rotatable bonds is 5. The van der Waals surface area contributed by atoms with Crippen molar-refractivity contribution in [3.63, 3.8) is 0 Å². The molecule has 0 spiro atoms. The Kier molecular flexibility index (Phi) is 5.60. The van der Waals surface area contributed by atoms with Gasteiger partial charge in [-0.2, -0.15) is 0 Å². The van der Waals surface area contributed by atoms with Crippen molar-refractivity contribution in [2.24, 2.45) is 11.7 Å². The van der Waals surface area contributed by atoms with Crippen LogP contribution in [0.1, 0.15) is 44.6 Å². The Morgan fingerprint density at radius 3 is 2.55 bits per heavy atom. The number of hydrogen-bond donors (Lipinski definition) is 1. The summed E-state index contributed by atoms with van der Waals surface area (Å²) in [4.78, 5) is 12.0. The van der Waals surface area contributed by atoms with Gasteiger partial charge in [0.2, 0.25) is 0 Å². The number of carbonyl (C=O) groups excluding carboxylic acids is 1. The van der Waals surface area contributed by atoms with Gasteiger partial charge in [-0.1, -0.05) is 37.3 Å². The number of carbonyl (C=O) groups is 1. The third kappa shape index (κ3) is 4.64. The van der Waals surface area contributed by atoms with E-state index in [-0.39, 0.29) is 12.1 Å². The summed E-state index contributed by atoms with van der Waals surface area (Å²) >= 11 is 0. The molecule has 2 rings (SSSR count). The standard InChI is InChI=1S/C17H25NO2/c1-13-7-10-15(11-8-13)20-17(19)16(18)12-9-14-5-3-2-4-6-14/h2-6,13,15-16H,7-12,18H2,1H3/t13?,15?,16-/m0/s1. The lowest BCUT2D eigenvalue weighted by molar-refractivity contribution is -0.152. The monoisotopic (exact) mass is 275 g/mol. The fourth-order valence-corrected chi connectivity index (χ4v) is 2.68. The Morgan fingerprint density at radius 2 is 1.90 bits per heavy atom. The first-order valence-corrected chi connectivity index (χ1v) is 7.65. The molecule has 1 fully saturated rings. The quantitative estimate of drug-likeness (QED) is 0.840. The minimum atomic E-state index is -0.505. The van der Waals surface area contributed by atoms with Crippen LogP contribution in [0.4, 0.5) is 0 Å². The zero-order chi connectivity index (χ0) is 14.4. The Balaban J connectivity index is 1.72. The fourth-order valence-electron chi connectivity index (χ4n) is 2.68. The molecule has 2 N–H and O–H groups in total. The lowest BCUT2D eigenvalue weighted by Crippen LogP contribution is -2.36. The molecule has 1 atom stereocenters. The van der Waals surface area contributed by atoms with Crippen LogP contribution in [-0.2, 0) is 16.0 Å². The summed E-state index contributed by atoms with van der Waals surface area (Å²) in [7, 11) is 0. The van der Waals surface area contributed by atoms with Gasteiger partial charge in [-0.25, -0.2) is 0 Å². The van der Waals surface area contributed by atoms with Crippen molar-refractivity contribution < 1.29 is 9.53 Å². The minimum absolute atomic E-state index is 0.0847. The molecule has 0 radical (unpaired) electrons. The van der Waals surface area contributed by atoms with Gasteiger partial charge in [0.25, 0.3) is 0 Å². The summed E-state index contributed by atoms with van der Waals surface area (Å²) in [5, 5.41) is 0. The number of benzene rings is 1. The maximum Gasteiger partial charge on any atom is 0.323 e. The second kappa shape index (κ2) is 7.44. The molecule has 0 aromatic heterocycles. The molecule has 0 amide bonds. The normalized spacial score (nSPS) is 24.1. The Bertz CT molecular complexity index is 410. The molecule has 0 saturated heterocycles. The van der Waals surface area contributed by atoms with Crippen LogP contribution in [0.15, 0.2) is 30.3 Å². The van der Waals surface area contributed by atoms with Crippen LogP contribution in [0, 0.1) is 5.92 Å². The predicted molar refractivity (Wildman–Crippen MR) is 80.3 cm³/mol. The molecule has 1 saturated carbocycles. The topological polar surface area (TPSA) is 52.3 Å². The molecule has 20 heavy (non-hydrogen) atoms. The van der Waals surface area contributed by atoms with Gasteiger partial charge in [0.15, 0.2) is 0 Å². The highest BCUT2D eigenvalue weighted by molar-refractivity contribution is 5.75. The minimum Gasteiger partial charge on any atom is -0.461 e. The zero-order valence-electron chi connectivity index (χ0n) is 12.3. The van der Waals surface area contributed by atoms with Crippen molar-refractivity contribution in [1.82, 2.24) is 0 Å². The maximum absolute atomic E-state index is 12.0. The largest absolute Gasteiger partial charge is 0.461 e. The molecular formula is C17H25NO2. The average molecular weight is 275 g/mol. The summed E-state index contributed by atoms with van der Waals surface area (Å²) in [6.45, 7) is 2.25. The second-order valence-corrected chi connectivity index (χ2v) is 5.95. The van der Waals surface area contributed by atoms with Gasteiger partial charge in [-0.15, -0.1) is 0 Å². The van der Waals surface area contributed by atoms with Gasteiger partial charge in [0.05, 0.1) is 0 Å². The van der Waals surface area contributed by atoms with Gasteiger partial charge in [0.1, 0.15) is 12.1 Å². The number of esters is 1. The molecule has 0 heterocycles. The van der Waals surface area contributed by atoms with E-state index in [2.05, 4.69) is 19.1 Å². The zero-order valence-corrected chi connectivity index (χ0v) is 12.3. The first-order valence-electron chi connectivity index (χ1n) is 7.65. The first-order chi connectivity index (χ1) is 9.65. The molecule has 1 aliphatic carbocycles. The van der Waals surface area contributed by atoms with Crippen LogP contribution >= 0.6 is 0 Å². The van der Waals surface area contributed by atoms with Gasteiger partial charge in [-0.3, -0.25) is 4.79 Å². The molecule has 110 valence electrons. The van der Waals surface area contributed by atoms with E-state index < -0.39 is 6.04 Å². The molecule has 0 unspecified atom stereocenters. The highest BCUT2D eigenvalue weighted by Crippen LogP contribution is 2.25. The summed E-state index contributed by atoms with van der Waals surface area (Å²) in [6.07, 6.45) is 5.82. The van der Waals surface area contributed by atoms with E-state index in [4.69, 9.17) is 10.5 Å². The molecule has 1 aromatic rings. The lowest BCUT2D eigenvalue weighted by atomic mass is 9.89. The van der Waals surface area contributed by atoms with Crippen LogP contribution in [0.25, 0.3) is 0 Å². The van der Waals surface area contributed by atoms with Crippen LogP contribution in [0.2, 0.25) is 0 Å². The van der Waals surface area contributed by atoms with Crippen molar-refractivity contribution >= 4 is 5.97 Å². The molecule has 0 aliphatic heterocycles. The average Bonchev–Trinajstić information content (AvgIpc) is 2.48. The molecule has 3 nitrogen and oxygen atoms in total. The van der Waals surface area contributed by atoms with E-state index >= 15 is 0 Å². The van der Waals surface area contributed by atoms with Crippen LogP contribution in [-0.4, -0.2) is 18.1 Å².